The van der Waals surface area contributed by atoms with Gasteiger partial charge in [-0.3, -0.25) is 9.59 Å². The lowest BCUT2D eigenvalue weighted by molar-refractivity contribution is 0.101. The van der Waals surface area contributed by atoms with Crippen LogP contribution < -0.4 is 15.4 Å². The highest BCUT2D eigenvalue weighted by Crippen LogP contribution is 2.26. The number of carbonyl (C=O) groups excluding carboxylic acids is 2. The van der Waals surface area contributed by atoms with Gasteiger partial charge in [-0.2, -0.15) is 0 Å². The molecule has 0 radical (unpaired) electrons. The second-order valence-electron chi connectivity index (χ2n) is 6.35. The molecule has 1 heterocycles. The first-order chi connectivity index (χ1) is 13.5. The Hall–Kier alpha value is -3.67. The molecule has 0 fully saturated rings. The third-order valence-electron chi connectivity index (χ3n) is 4.19. The molecule has 1 amide bonds. The van der Waals surface area contributed by atoms with E-state index in [1.807, 2.05) is 37.3 Å². The van der Waals surface area contributed by atoms with Crippen LogP contribution in [0.3, 0.4) is 0 Å². The molecule has 0 aliphatic heterocycles. The van der Waals surface area contributed by atoms with Gasteiger partial charge in [-0.15, -0.1) is 0 Å². The number of pyridine rings is 1. The standard InChI is InChI=1S/C22H21N3O3/c1-14-4-10-20(28-3)19(12-14)25-22(27)17-7-11-21(23-13-17)24-18-8-5-16(6-9-18)15(2)26/h4-13H,1-3H3,(H,23,24)(H,25,27). The number of Topliss-reactive ketones (excluding diaryl/α,β-unsaturated/α-hetero) is 1. The zero-order chi connectivity index (χ0) is 20.1. The minimum Gasteiger partial charge on any atom is -0.495 e. The number of hydrogen-bond acceptors (Lipinski definition) is 5. The summed E-state index contributed by atoms with van der Waals surface area (Å²) in [4.78, 5) is 28.1. The van der Waals surface area contributed by atoms with Gasteiger partial charge in [0.05, 0.1) is 18.4 Å². The van der Waals surface area contributed by atoms with Crippen molar-refractivity contribution in [3.05, 3.63) is 77.5 Å². The van der Waals surface area contributed by atoms with Crippen LogP contribution in [0.15, 0.2) is 60.8 Å². The molecule has 2 aromatic carbocycles. The maximum atomic E-state index is 12.5. The van der Waals surface area contributed by atoms with E-state index in [9.17, 15) is 9.59 Å². The van der Waals surface area contributed by atoms with Gasteiger partial charge in [-0.25, -0.2) is 4.98 Å². The van der Waals surface area contributed by atoms with E-state index in [4.69, 9.17) is 4.74 Å². The van der Waals surface area contributed by atoms with E-state index in [0.717, 1.165) is 11.3 Å². The Bertz CT molecular complexity index is 997. The summed E-state index contributed by atoms with van der Waals surface area (Å²) in [7, 11) is 1.56. The van der Waals surface area contributed by atoms with Gasteiger partial charge in [0.1, 0.15) is 11.6 Å². The van der Waals surface area contributed by atoms with E-state index in [1.54, 1.807) is 31.4 Å². The first-order valence-corrected chi connectivity index (χ1v) is 8.76. The zero-order valence-electron chi connectivity index (χ0n) is 15.9. The maximum Gasteiger partial charge on any atom is 0.257 e. The number of aromatic nitrogens is 1. The average molecular weight is 375 g/mol. The summed E-state index contributed by atoms with van der Waals surface area (Å²) in [6.07, 6.45) is 1.50. The zero-order valence-corrected chi connectivity index (χ0v) is 15.9. The van der Waals surface area contributed by atoms with Gasteiger partial charge in [0, 0.05) is 17.4 Å². The SMILES string of the molecule is COc1ccc(C)cc1NC(=O)c1ccc(Nc2ccc(C(C)=O)cc2)nc1. The van der Waals surface area contributed by atoms with Gasteiger partial charge in [0.25, 0.3) is 5.91 Å². The number of methoxy groups -OCH3 is 1. The Balaban J connectivity index is 1.69. The number of ether oxygens (including phenoxy) is 1. The van der Waals surface area contributed by atoms with Crippen molar-refractivity contribution in [1.29, 1.82) is 0 Å². The first-order valence-electron chi connectivity index (χ1n) is 8.76. The summed E-state index contributed by atoms with van der Waals surface area (Å²) in [5, 5.41) is 5.99. The fourth-order valence-electron chi connectivity index (χ4n) is 2.65. The summed E-state index contributed by atoms with van der Waals surface area (Å²) in [5.74, 6) is 0.943. The van der Waals surface area contributed by atoms with Crippen LogP contribution in [-0.4, -0.2) is 23.8 Å². The molecule has 2 N–H and O–H groups in total. The summed E-state index contributed by atoms with van der Waals surface area (Å²) >= 11 is 0. The molecule has 0 saturated carbocycles. The summed E-state index contributed by atoms with van der Waals surface area (Å²) in [5.41, 5.74) is 3.52. The van der Waals surface area contributed by atoms with Crippen LogP contribution in [0.5, 0.6) is 5.75 Å². The monoisotopic (exact) mass is 375 g/mol. The number of anilines is 3. The van der Waals surface area contributed by atoms with Gasteiger partial charge < -0.3 is 15.4 Å². The lowest BCUT2D eigenvalue weighted by Crippen LogP contribution is -2.13. The van der Waals surface area contributed by atoms with E-state index in [0.29, 0.717) is 28.4 Å². The number of ketones is 1. The van der Waals surface area contributed by atoms with Crippen molar-refractivity contribution in [2.45, 2.75) is 13.8 Å². The number of hydrogen-bond donors (Lipinski definition) is 2. The highest BCUT2D eigenvalue weighted by molar-refractivity contribution is 6.05. The Morgan fingerprint density at radius 3 is 2.29 bits per heavy atom. The van der Waals surface area contributed by atoms with Crippen molar-refractivity contribution in [1.82, 2.24) is 4.98 Å². The number of aryl methyl sites for hydroxylation is 1. The van der Waals surface area contributed by atoms with E-state index in [2.05, 4.69) is 15.6 Å². The van der Waals surface area contributed by atoms with Crippen LogP contribution in [0.25, 0.3) is 0 Å². The largest absolute Gasteiger partial charge is 0.495 e. The third kappa shape index (κ3) is 4.54. The molecule has 3 aromatic rings. The summed E-state index contributed by atoms with van der Waals surface area (Å²) < 4.78 is 5.28. The Labute approximate surface area is 163 Å². The van der Waals surface area contributed by atoms with Gasteiger partial charge in [0.15, 0.2) is 5.78 Å². The predicted octanol–water partition coefficient (Wildman–Crippen LogP) is 4.60. The molecule has 0 atom stereocenters. The minimum atomic E-state index is -0.270. The van der Waals surface area contributed by atoms with E-state index in [1.165, 1.54) is 13.1 Å². The summed E-state index contributed by atoms with van der Waals surface area (Å²) in [6.45, 7) is 3.47. The van der Waals surface area contributed by atoms with Crippen molar-refractivity contribution < 1.29 is 14.3 Å². The Kier molecular flexibility index (Phi) is 5.69. The van der Waals surface area contributed by atoms with Crippen molar-refractivity contribution in [2.75, 3.05) is 17.7 Å². The molecule has 0 bridgehead atoms. The number of nitrogens with one attached hydrogen (secondary N) is 2. The van der Waals surface area contributed by atoms with E-state index >= 15 is 0 Å². The van der Waals surface area contributed by atoms with Crippen molar-refractivity contribution in [3.63, 3.8) is 0 Å². The van der Waals surface area contributed by atoms with E-state index in [-0.39, 0.29) is 11.7 Å². The quantitative estimate of drug-likeness (QED) is 0.616. The molecule has 1 aromatic heterocycles. The highest BCUT2D eigenvalue weighted by Gasteiger charge is 2.11. The third-order valence-corrected chi connectivity index (χ3v) is 4.19. The van der Waals surface area contributed by atoms with Crippen LogP contribution in [0.4, 0.5) is 17.2 Å². The lowest BCUT2D eigenvalue weighted by atomic mass is 10.1. The average Bonchev–Trinajstić information content (AvgIpc) is 2.69. The topological polar surface area (TPSA) is 80.3 Å². The van der Waals surface area contributed by atoms with Crippen LogP contribution in [-0.2, 0) is 0 Å². The fraction of sp³-hybridized carbons (Fsp3) is 0.136. The molecule has 3 rings (SSSR count). The number of carbonyl (C=O) groups is 2. The normalized spacial score (nSPS) is 10.2. The van der Waals surface area contributed by atoms with E-state index < -0.39 is 0 Å². The number of nitrogens with zero attached hydrogens (tertiary/aromatic N) is 1. The first kappa shape index (κ1) is 19.1. The van der Waals surface area contributed by atoms with Crippen LogP contribution in [0, 0.1) is 6.92 Å². The van der Waals surface area contributed by atoms with Gasteiger partial charge in [-0.05, 0) is 67.9 Å². The van der Waals surface area contributed by atoms with Gasteiger partial charge in [0.2, 0.25) is 0 Å². The number of benzene rings is 2. The highest BCUT2D eigenvalue weighted by atomic mass is 16.5. The molecular formula is C22H21N3O3. The van der Waals surface area contributed by atoms with Crippen molar-refractivity contribution >= 4 is 28.9 Å². The van der Waals surface area contributed by atoms with Gasteiger partial charge >= 0.3 is 0 Å². The second-order valence-corrected chi connectivity index (χ2v) is 6.35. The van der Waals surface area contributed by atoms with Crippen molar-refractivity contribution in [2.24, 2.45) is 0 Å². The minimum absolute atomic E-state index is 0.0188. The molecular weight excluding hydrogens is 354 g/mol. The molecule has 142 valence electrons. The van der Waals surface area contributed by atoms with Crippen molar-refractivity contribution in [3.8, 4) is 5.75 Å². The maximum absolute atomic E-state index is 12.5. The molecule has 0 aliphatic carbocycles. The molecule has 0 spiro atoms. The number of amides is 1. The Morgan fingerprint density at radius 2 is 1.68 bits per heavy atom. The van der Waals surface area contributed by atoms with Gasteiger partial charge in [-0.1, -0.05) is 6.07 Å². The second kappa shape index (κ2) is 8.35. The van der Waals surface area contributed by atoms with Crippen LogP contribution in [0.1, 0.15) is 33.2 Å². The molecule has 0 unspecified atom stereocenters. The number of rotatable bonds is 6. The van der Waals surface area contributed by atoms with Crippen LogP contribution >= 0.6 is 0 Å². The summed E-state index contributed by atoms with van der Waals surface area (Å²) in [6, 6.07) is 16.1. The van der Waals surface area contributed by atoms with Crippen LogP contribution in [0.2, 0.25) is 0 Å². The molecule has 6 heteroatoms. The lowest BCUT2D eigenvalue weighted by Gasteiger charge is -2.11. The molecule has 6 nitrogen and oxygen atoms in total. The molecule has 0 aliphatic rings. The Morgan fingerprint density at radius 1 is 0.964 bits per heavy atom. The smallest absolute Gasteiger partial charge is 0.257 e. The fourth-order valence-corrected chi connectivity index (χ4v) is 2.65. The molecule has 28 heavy (non-hydrogen) atoms. The molecule has 0 saturated heterocycles. The predicted molar refractivity (Wildman–Crippen MR) is 110 cm³/mol.